The molecule has 0 amide bonds. The quantitative estimate of drug-likeness (QED) is 0.581. The summed E-state index contributed by atoms with van der Waals surface area (Å²) in [6.07, 6.45) is 0.912. The van der Waals surface area contributed by atoms with Crippen LogP contribution in [0, 0.1) is 11.7 Å². The fourth-order valence-corrected chi connectivity index (χ4v) is 4.72. The van der Waals surface area contributed by atoms with Crippen molar-refractivity contribution >= 4 is 29.1 Å². The number of nitrogens with zero attached hydrogens (tertiary/aromatic N) is 1. The number of halogens is 2. The van der Waals surface area contributed by atoms with Crippen LogP contribution in [0.1, 0.15) is 49.7 Å². The van der Waals surface area contributed by atoms with Crippen LogP contribution in [0.15, 0.2) is 64.8 Å². The van der Waals surface area contributed by atoms with E-state index in [1.807, 2.05) is 24.3 Å². The normalized spacial score (nSPS) is 23.3. The number of Topliss-reactive ketones (excluding diaryl/α,β-unsaturated/α-hetero) is 1. The molecule has 0 saturated carbocycles. The van der Waals surface area contributed by atoms with Gasteiger partial charge in [0.25, 0.3) is 0 Å². The first kappa shape index (κ1) is 21.4. The predicted octanol–water partition coefficient (Wildman–Crippen LogP) is 5.62. The molecule has 3 atom stereocenters. The number of aliphatic imine (C=N–C) groups is 1. The first-order valence-electron chi connectivity index (χ1n) is 10.4. The highest BCUT2D eigenvalue weighted by molar-refractivity contribution is 6.30. The molecule has 4 rings (SSSR count). The molecule has 0 fully saturated rings. The van der Waals surface area contributed by atoms with Crippen LogP contribution in [0.5, 0.6) is 0 Å². The summed E-state index contributed by atoms with van der Waals surface area (Å²) in [5, 5.41) is 0.644. The Balaban J connectivity index is 1.78. The van der Waals surface area contributed by atoms with Gasteiger partial charge >= 0.3 is 5.97 Å². The summed E-state index contributed by atoms with van der Waals surface area (Å²) in [5.41, 5.74) is 3.59. The van der Waals surface area contributed by atoms with Crippen molar-refractivity contribution in [2.75, 3.05) is 6.61 Å². The van der Waals surface area contributed by atoms with E-state index in [2.05, 4.69) is 0 Å². The number of benzene rings is 2. The van der Waals surface area contributed by atoms with Gasteiger partial charge in [0.2, 0.25) is 0 Å². The second-order valence-corrected chi connectivity index (χ2v) is 8.39. The topological polar surface area (TPSA) is 55.7 Å². The van der Waals surface area contributed by atoms with E-state index >= 15 is 0 Å². The van der Waals surface area contributed by atoms with Crippen molar-refractivity contribution in [1.82, 2.24) is 0 Å². The Morgan fingerprint density at radius 3 is 2.39 bits per heavy atom. The molecule has 31 heavy (non-hydrogen) atoms. The summed E-state index contributed by atoms with van der Waals surface area (Å²) in [5.74, 6) is -2.08. The SMILES string of the molecule is CCOC(=O)C1C(C)=NC2=C(C(=O)C[C@H](c3ccc(Cl)cc3)C2)[C@H]1c1ccc(F)cc1. The van der Waals surface area contributed by atoms with Gasteiger partial charge in [-0.05, 0) is 61.6 Å². The number of carbonyl (C=O) groups excluding carboxylic acids is 2. The molecule has 2 aromatic rings. The van der Waals surface area contributed by atoms with Gasteiger partial charge in [-0.2, -0.15) is 0 Å². The summed E-state index contributed by atoms with van der Waals surface area (Å²) >= 11 is 6.01. The number of rotatable bonds is 4. The number of hydrogen-bond donors (Lipinski definition) is 0. The van der Waals surface area contributed by atoms with Crippen LogP contribution >= 0.6 is 11.6 Å². The lowest BCUT2D eigenvalue weighted by molar-refractivity contribution is -0.146. The maximum absolute atomic E-state index is 13.6. The third kappa shape index (κ3) is 4.19. The lowest BCUT2D eigenvalue weighted by Gasteiger charge is -2.36. The van der Waals surface area contributed by atoms with Crippen molar-refractivity contribution in [3.63, 3.8) is 0 Å². The Morgan fingerprint density at radius 2 is 1.74 bits per heavy atom. The fraction of sp³-hybridized carbons (Fsp3) is 0.320. The Morgan fingerprint density at radius 1 is 1.10 bits per heavy atom. The zero-order chi connectivity index (χ0) is 22.1. The molecular formula is C25H23ClFNO3. The minimum atomic E-state index is -0.708. The zero-order valence-corrected chi connectivity index (χ0v) is 18.2. The van der Waals surface area contributed by atoms with E-state index in [1.165, 1.54) is 12.1 Å². The minimum Gasteiger partial charge on any atom is -0.465 e. The van der Waals surface area contributed by atoms with Crippen molar-refractivity contribution < 1.29 is 18.7 Å². The van der Waals surface area contributed by atoms with Gasteiger partial charge < -0.3 is 4.74 Å². The summed E-state index contributed by atoms with van der Waals surface area (Å²) in [7, 11) is 0. The molecule has 2 aliphatic rings. The summed E-state index contributed by atoms with van der Waals surface area (Å²) < 4.78 is 18.9. The Hall–Kier alpha value is -2.79. The van der Waals surface area contributed by atoms with Crippen LogP contribution in [0.3, 0.4) is 0 Å². The van der Waals surface area contributed by atoms with E-state index in [9.17, 15) is 14.0 Å². The Bertz CT molecular complexity index is 1070. The van der Waals surface area contributed by atoms with Gasteiger partial charge in [0, 0.05) is 34.3 Å². The van der Waals surface area contributed by atoms with Gasteiger partial charge in [-0.3, -0.25) is 14.6 Å². The van der Waals surface area contributed by atoms with E-state index in [-0.39, 0.29) is 24.1 Å². The maximum atomic E-state index is 13.6. The number of ketones is 1. The van der Waals surface area contributed by atoms with Crippen LogP contribution in [-0.4, -0.2) is 24.1 Å². The van der Waals surface area contributed by atoms with Crippen LogP contribution in [0.25, 0.3) is 0 Å². The lowest BCUT2D eigenvalue weighted by atomic mass is 9.69. The largest absolute Gasteiger partial charge is 0.465 e. The van der Waals surface area contributed by atoms with E-state index in [0.717, 1.165) is 5.56 Å². The van der Waals surface area contributed by atoms with Gasteiger partial charge in [-0.15, -0.1) is 0 Å². The third-order valence-corrected chi connectivity index (χ3v) is 6.25. The molecule has 0 saturated heterocycles. The average molecular weight is 440 g/mol. The van der Waals surface area contributed by atoms with E-state index in [1.54, 1.807) is 26.0 Å². The van der Waals surface area contributed by atoms with E-state index in [4.69, 9.17) is 21.3 Å². The second kappa shape index (κ2) is 8.75. The molecular weight excluding hydrogens is 417 g/mol. The van der Waals surface area contributed by atoms with E-state index < -0.39 is 17.8 Å². The number of ether oxygens (including phenoxy) is 1. The molecule has 1 aliphatic carbocycles. The highest BCUT2D eigenvalue weighted by Gasteiger charge is 2.44. The molecule has 1 heterocycles. The third-order valence-electron chi connectivity index (χ3n) is 6.00. The monoisotopic (exact) mass is 439 g/mol. The van der Waals surface area contributed by atoms with Gasteiger partial charge in [-0.1, -0.05) is 35.9 Å². The lowest BCUT2D eigenvalue weighted by Crippen LogP contribution is -2.38. The summed E-state index contributed by atoms with van der Waals surface area (Å²) in [6.45, 7) is 3.77. The highest BCUT2D eigenvalue weighted by Crippen LogP contribution is 2.46. The van der Waals surface area contributed by atoms with Gasteiger partial charge in [0.15, 0.2) is 5.78 Å². The smallest absolute Gasteiger partial charge is 0.315 e. The van der Waals surface area contributed by atoms with Gasteiger partial charge in [0.05, 0.1) is 6.61 Å². The summed E-state index contributed by atoms with van der Waals surface area (Å²) in [6, 6.07) is 13.5. The molecule has 0 aromatic heterocycles. The molecule has 4 nitrogen and oxygen atoms in total. The molecule has 0 N–H and O–H groups in total. The van der Waals surface area contributed by atoms with Gasteiger partial charge in [-0.25, -0.2) is 4.39 Å². The van der Waals surface area contributed by atoms with Crippen LogP contribution in [-0.2, 0) is 14.3 Å². The summed E-state index contributed by atoms with van der Waals surface area (Å²) in [4.78, 5) is 30.9. The molecule has 1 unspecified atom stereocenters. The molecule has 160 valence electrons. The van der Waals surface area contributed by atoms with Crippen molar-refractivity contribution in [1.29, 1.82) is 0 Å². The van der Waals surface area contributed by atoms with Crippen LogP contribution < -0.4 is 0 Å². The van der Waals surface area contributed by atoms with Crippen molar-refractivity contribution in [2.24, 2.45) is 10.9 Å². The van der Waals surface area contributed by atoms with Crippen molar-refractivity contribution in [3.05, 3.63) is 81.8 Å². The number of hydrogen-bond acceptors (Lipinski definition) is 4. The van der Waals surface area contributed by atoms with Crippen LogP contribution in [0.4, 0.5) is 4.39 Å². The first-order valence-corrected chi connectivity index (χ1v) is 10.8. The zero-order valence-electron chi connectivity index (χ0n) is 17.4. The molecule has 0 bridgehead atoms. The predicted molar refractivity (Wildman–Crippen MR) is 118 cm³/mol. The fourth-order valence-electron chi connectivity index (χ4n) is 4.60. The number of allylic oxidation sites excluding steroid dienone is 2. The van der Waals surface area contributed by atoms with Crippen molar-refractivity contribution in [2.45, 2.75) is 38.5 Å². The Kier molecular flexibility index (Phi) is 6.05. The van der Waals surface area contributed by atoms with E-state index in [0.29, 0.717) is 40.4 Å². The minimum absolute atomic E-state index is 0.00641. The highest BCUT2D eigenvalue weighted by atomic mass is 35.5. The molecule has 6 heteroatoms. The second-order valence-electron chi connectivity index (χ2n) is 7.95. The van der Waals surface area contributed by atoms with Crippen molar-refractivity contribution in [3.8, 4) is 0 Å². The maximum Gasteiger partial charge on any atom is 0.315 e. The van der Waals surface area contributed by atoms with Crippen LogP contribution in [0.2, 0.25) is 5.02 Å². The molecule has 0 radical (unpaired) electrons. The number of esters is 1. The standard InChI is InChI=1S/C25H23ClFNO3/c1-3-31-25(30)22-14(2)28-20-12-17(15-4-8-18(26)9-5-15)13-21(29)24(20)23(22)16-6-10-19(27)11-7-16/h4-11,17,22-23H,3,12-13H2,1-2H3/t17-,22?,23+/m1/s1. The molecule has 1 aliphatic heterocycles. The Labute approximate surface area is 185 Å². The average Bonchev–Trinajstić information content (AvgIpc) is 2.74. The number of carbonyl (C=O) groups is 2. The first-order chi connectivity index (χ1) is 14.9. The molecule has 0 spiro atoms. The molecule has 2 aromatic carbocycles. The van der Waals surface area contributed by atoms with Gasteiger partial charge in [0.1, 0.15) is 11.7 Å².